The first-order valence-electron chi connectivity index (χ1n) is 6.00. The molecule has 1 heterocycles. The van der Waals surface area contributed by atoms with Crippen molar-refractivity contribution in [1.29, 1.82) is 0 Å². The summed E-state index contributed by atoms with van der Waals surface area (Å²) in [7, 11) is 3.09. The van der Waals surface area contributed by atoms with E-state index in [0.29, 0.717) is 11.4 Å². The Hall–Kier alpha value is -2.37. The van der Waals surface area contributed by atoms with E-state index >= 15 is 0 Å². The van der Waals surface area contributed by atoms with Gasteiger partial charge in [0.15, 0.2) is 23.3 Å². The molecule has 0 aliphatic heterocycles. The van der Waals surface area contributed by atoms with Crippen LogP contribution < -0.4 is 15.4 Å². The molecule has 1 aromatic heterocycles. The third-order valence-corrected chi connectivity index (χ3v) is 2.85. The first-order chi connectivity index (χ1) is 9.55. The fourth-order valence-corrected chi connectivity index (χ4v) is 1.76. The Morgan fingerprint density at radius 2 is 1.80 bits per heavy atom. The summed E-state index contributed by atoms with van der Waals surface area (Å²) >= 11 is 0. The number of ether oxygens (including phenoxy) is 1. The largest absolute Gasteiger partial charge is 0.497 e. The maximum Gasteiger partial charge on any atom is 0.169 e. The first-order valence-corrected chi connectivity index (χ1v) is 6.00. The Bertz CT molecular complexity index is 632. The normalized spacial score (nSPS) is 10.2. The summed E-state index contributed by atoms with van der Waals surface area (Å²) in [6, 6.07) is 6.09. The Kier molecular flexibility index (Phi) is 4.02. The molecular weight excluding hydrogens is 264 g/mol. The van der Waals surface area contributed by atoms with Crippen LogP contribution in [0.2, 0.25) is 0 Å². The summed E-state index contributed by atoms with van der Waals surface area (Å²) < 4.78 is 32.1. The van der Waals surface area contributed by atoms with E-state index in [0.717, 1.165) is 11.6 Å². The molecule has 0 aliphatic carbocycles. The van der Waals surface area contributed by atoms with Gasteiger partial charge >= 0.3 is 0 Å². The summed E-state index contributed by atoms with van der Waals surface area (Å²) in [6.07, 6.45) is 0. The molecule has 0 unspecified atom stereocenters. The number of nitrogens with one attached hydrogen (secondary N) is 2. The zero-order valence-corrected chi connectivity index (χ0v) is 11.4. The number of halogens is 2. The molecule has 0 spiro atoms. The van der Waals surface area contributed by atoms with E-state index in [9.17, 15) is 8.78 Å². The molecule has 0 saturated heterocycles. The van der Waals surface area contributed by atoms with Crippen molar-refractivity contribution in [2.75, 3.05) is 24.8 Å². The molecule has 0 fully saturated rings. The lowest BCUT2D eigenvalue weighted by Gasteiger charge is -2.12. The Morgan fingerprint density at radius 3 is 2.40 bits per heavy atom. The predicted octanol–water partition coefficient (Wildman–Crippen LogP) is 3.46. The molecule has 2 rings (SSSR count). The van der Waals surface area contributed by atoms with Crippen molar-refractivity contribution in [3.05, 3.63) is 41.5 Å². The topological polar surface area (TPSA) is 46.2 Å². The molecule has 20 heavy (non-hydrogen) atoms. The predicted molar refractivity (Wildman–Crippen MR) is 74.7 cm³/mol. The van der Waals surface area contributed by atoms with E-state index in [1.54, 1.807) is 19.2 Å². The Labute approximate surface area is 115 Å². The summed E-state index contributed by atoms with van der Waals surface area (Å²) in [4.78, 5) is 3.87. The van der Waals surface area contributed by atoms with Gasteiger partial charge in [0.1, 0.15) is 5.75 Å². The molecule has 0 amide bonds. The van der Waals surface area contributed by atoms with Crippen LogP contribution in [-0.2, 0) is 0 Å². The highest BCUT2D eigenvalue weighted by molar-refractivity contribution is 5.63. The fraction of sp³-hybridized carbons (Fsp3) is 0.214. The van der Waals surface area contributed by atoms with Gasteiger partial charge in [-0.25, -0.2) is 13.8 Å². The number of rotatable bonds is 4. The zero-order valence-electron chi connectivity index (χ0n) is 11.4. The van der Waals surface area contributed by atoms with Gasteiger partial charge in [-0.05, 0) is 30.7 Å². The minimum absolute atomic E-state index is 0.0138. The van der Waals surface area contributed by atoms with Gasteiger partial charge in [-0.2, -0.15) is 0 Å². The standard InChI is InChI=1S/C14H15F2N3O/c1-8-6-9(20-3)4-5-12(8)18-14-11(16)7-10(15)13(17-2)19-14/h4-7H,1-3H3,(H2,17,18,19). The number of nitrogens with zero attached hydrogens (tertiary/aromatic N) is 1. The quantitative estimate of drug-likeness (QED) is 0.899. The van der Waals surface area contributed by atoms with E-state index in [1.807, 2.05) is 13.0 Å². The first kappa shape index (κ1) is 14.0. The van der Waals surface area contributed by atoms with E-state index in [1.165, 1.54) is 7.05 Å². The molecular formula is C14H15F2N3O. The van der Waals surface area contributed by atoms with Crippen LogP contribution in [0, 0.1) is 18.6 Å². The van der Waals surface area contributed by atoms with Gasteiger partial charge in [0.05, 0.1) is 7.11 Å². The highest BCUT2D eigenvalue weighted by Gasteiger charge is 2.12. The van der Waals surface area contributed by atoms with E-state index < -0.39 is 11.6 Å². The van der Waals surface area contributed by atoms with Gasteiger partial charge in [0, 0.05) is 18.8 Å². The molecule has 0 atom stereocenters. The van der Waals surface area contributed by atoms with Gasteiger partial charge in [-0.3, -0.25) is 0 Å². The zero-order chi connectivity index (χ0) is 14.7. The average molecular weight is 279 g/mol. The van der Waals surface area contributed by atoms with Gasteiger partial charge in [0.25, 0.3) is 0 Å². The highest BCUT2D eigenvalue weighted by atomic mass is 19.1. The number of aryl methyl sites for hydroxylation is 1. The molecule has 106 valence electrons. The van der Waals surface area contributed by atoms with Crippen LogP contribution in [0.1, 0.15) is 5.56 Å². The molecule has 6 heteroatoms. The SMILES string of the molecule is CNc1nc(Nc2ccc(OC)cc2C)c(F)cc1F. The van der Waals surface area contributed by atoms with Crippen molar-refractivity contribution in [3.8, 4) is 5.75 Å². The third kappa shape index (κ3) is 2.79. The van der Waals surface area contributed by atoms with Crippen molar-refractivity contribution in [2.24, 2.45) is 0 Å². The molecule has 0 radical (unpaired) electrons. The Balaban J connectivity index is 2.34. The van der Waals surface area contributed by atoms with Crippen molar-refractivity contribution in [2.45, 2.75) is 6.92 Å². The molecule has 1 aromatic carbocycles. The van der Waals surface area contributed by atoms with E-state index in [-0.39, 0.29) is 11.6 Å². The number of hydrogen-bond acceptors (Lipinski definition) is 4. The van der Waals surface area contributed by atoms with Crippen LogP contribution in [-0.4, -0.2) is 19.1 Å². The van der Waals surface area contributed by atoms with Gasteiger partial charge in [-0.15, -0.1) is 0 Å². The molecule has 0 saturated carbocycles. The van der Waals surface area contributed by atoms with Crippen LogP contribution in [0.3, 0.4) is 0 Å². The number of pyridine rings is 1. The monoisotopic (exact) mass is 279 g/mol. The molecule has 2 aromatic rings. The minimum Gasteiger partial charge on any atom is -0.497 e. The van der Waals surface area contributed by atoms with Crippen molar-refractivity contribution in [1.82, 2.24) is 4.98 Å². The van der Waals surface area contributed by atoms with Crippen LogP contribution in [0.4, 0.5) is 26.1 Å². The fourth-order valence-electron chi connectivity index (χ4n) is 1.76. The Morgan fingerprint density at radius 1 is 1.10 bits per heavy atom. The lowest BCUT2D eigenvalue weighted by molar-refractivity contribution is 0.414. The maximum absolute atomic E-state index is 13.7. The molecule has 2 N–H and O–H groups in total. The average Bonchev–Trinajstić information content (AvgIpc) is 2.43. The van der Waals surface area contributed by atoms with E-state index in [2.05, 4.69) is 15.6 Å². The summed E-state index contributed by atoms with van der Waals surface area (Å²) in [6.45, 7) is 1.85. The van der Waals surface area contributed by atoms with Crippen molar-refractivity contribution >= 4 is 17.3 Å². The second-order valence-corrected chi connectivity index (χ2v) is 4.21. The summed E-state index contributed by atoms with van der Waals surface area (Å²) in [5.41, 5.74) is 1.53. The van der Waals surface area contributed by atoms with Crippen LogP contribution in [0.15, 0.2) is 24.3 Å². The number of hydrogen-bond donors (Lipinski definition) is 2. The number of methoxy groups -OCH3 is 1. The van der Waals surface area contributed by atoms with Gasteiger partial charge in [0.2, 0.25) is 0 Å². The maximum atomic E-state index is 13.7. The second-order valence-electron chi connectivity index (χ2n) is 4.21. The third-order valence-electron chi connectivity index (χ3n) is 2.85. The number of anilines is 3. The molecule has 0 aliphatic rings. The van der Waals surface area contributed by atoms with Crippen LogP contribution in [0.5, 0.6) is 5.75 Å². The van der Waals surface area contributed by atoms with Gasteiger partial charge in [-0.1, -0.05) is 0 Å². The smallest absolute Gasteiger partial charge is 0.169 e. The van der Waals surface area contributed by atoms with Crippen molar-refractivity contribution in [3.63, 3.8) is 0 Å². The second kappa shape index (κ2) is 5.73. The number of benzene rings is 1. The van der Waals surface area contributed by atoms with E-state index in [4.69, 9.17) is 4.74 Å². The summed E-state index contributed by atoms with van der Waals surface area (Å²) in [5, 5.41) is 5.41. The minimum atomic E-state index is -0.753. The lowest BCUT2D eigenvalue weighted by atomic mass is 10.2. The van der Waals surface area contributed by atoms with Crippen molar-refractivity contribution < 1.29 is 13.5 Å². The van der Waals surface area contributed by atoms with Gasteiger partial charge < -0.3 is 15.4 Å². The number of aromatic nitrogens is 1. The summed E-state index contributed by atoms with van der Waals surface area (Å²) in [5.74, 6) is -0.834. The molecule has 0 bridgehead atoms. The highest BCUT2D eigenvalue weighted by Crippen LogP contribution is 2.26. The molecule has 4 nitrogen and oxygen atoms in total. The van der Waals surface area contributed by atoms with Crippen LogP contribution >= 0.6 is 0 Å². The van der Waals surface area contributed by atoms with Crippen LogP contribution in [0.25, 0.3) is 0 Å². The lowest BCUT2D eigenvalue weighted by Crippen LogP contribution is -2.04.